The number of carbonyl (C=O) groups excluding carboxylic acids is 1. The number of carbonyl (C=O) groups is 2. The third-order valence-corrected chi connectivity index (χ3v) is 5.63. The number of amides is 1. The van der Waals surface area contributed by atoms with Crippen LogP contribution in [0.25, 0.3) is 23.3 Å². The van der Waals surface area contributed by atoms with E-state index >= 15 is 0 Å². The molecule has 0 radical (unpaired) electrons. The molecule has 0 fully saturated rings. The van der Waals surface area contributed by atoms with Crippen LogP contribution in [0, 0.1) is 6.92 Å². The second-order valence-electron chi connectivity index (χ2n) is 7.27. The van der Waals surface area contributed by atoms with Crippen molar-refractivity contribution < 1.29 is 35.0 Å². The SMILES string of the molecule is CSCCC(NC(=O)c1ccc(C=Cc2cncnc2)cc1-c1ccccc1C)C(=O)O.[H-].[Li+]. The summed E-state index contributed by atoms with van der Waals surface area (Å²) in [7, 11) is 0. The van der Waals surface area contributed by atoms with Crippen molar-refractivity contribution >= 4 is 35.8 Å². The molecular weight excluding hydrogens is 429 g/mol. The van der Waals surface area contributed by atoms with E-state index in [-0.39, 0.29) is 20.3 Å². The number of hydrogen-bond acceptors (Lipinski definition) is 5. The third kappa shape index (κ3) is 7.33. The number of aromatic nitrogens is 2. The van der Waals surface area contributed by atoms with Crippen molar-refractivity contribution in [2.75, 3.05) is 12.0 Å². The fourth-order valence-corrected chi connectivity index (χ4v) is 3.75. The van der Waals surface area contributed by atoms with Gasteiger partial charge in [0.15, 0.2) is 0 Å². The molecule has 0 spiro atoms. The van der Waals surface area contributed by atoms with Gasteiger partial charge < -0.3 is 11.8 Å². The van der Waals surface area contributed by atoms with Gasteiger partial charge in [0, 0.05) is 23.5 Å². The zero-order chi connectivity index (χ0) is 22.9. The predicted molar refractivity (Wildman–Crippen MR) is 131 cm³/mol. The smallest absolute Gasteiger partial charge is 1.00 e. The number of aliphatic carboxylic acids is 1. The van der Waals surface area contributed by atoms with E-state index < -0.39 is 17.9 Å². The maximum atomic E-state index is 13.1. The molecule has 0 aliphatic rings. The van der Waals surface area contributed by atoms with Gasteiger partial charge in [-0.15, -0.1) is 0 Å². The monoisotopic (exact) mass is 455 g/mol. The zero-order valence-corrected chi connectivity index (χ0v) is 19.8. The average Bonchev–Trinajstić information content (AvgIpc) is 2.81. The summed E-state index contributed by atoms with van der Waals surface area (Å²) in [5, 5.41) is 12.2. The minimum atomic E-state index is -1.03. The Balaban J connectivity index is 0.00000289. The number of rotatable bonds is 9. The topological polar surface area (TPSA) is 92.2 Å². The van der Waals surface area contributed by atoms with Crippen LogP contribution in [0.4, 0.5) is 0 Å². The molecule has 0 saturated heterocycles. The molecule has 2 aromatic carbocycles. The molecule has 1 unspecified atom stereocenters. The number of carboxylic acids is 1. The van der Waals surface area contributed by atoms with E-state index in [0.29, 0.717) is 17.7 Å². The van der Waals surface area contributed by atoms with Gasteiger partial charge in [-0.25, -0.2) is 14.8 Å². The molecule has 3 aromatic rings. The second kappa shape index (κ2) is 13.0. The van der Waals surface area contributed by atoms with Gasteiger partial charge in [0.1, 0.15) is 12.4 Å². The van der Waals surface area contributed by atoms with Crippen LogP contribution in [0.2, 0.25) is 0 Å². The van der Waals surface area contributed by atoms with Gasteiger partial charge in [-0.2, -0.15) is 11.8 Å². The molecule has 8 heteroatoms. The van der Waals surface area contributed by atoms with Crippen LogP contribution in [0.1, 0.15) is 34.9 Å². The van der Waals surface area contributed by atoms with Crippen LogP contribution in [-0.4, -0.2) is 45.0 Å². The van der Waals surface area contributed by atoms with Crippen LogP contribution in [0.3, 0.4) is 0 Å². The Hall–Kier alpha value is -2.85. The third-order valence-electron chi connectivity index (χ3n) is 4.99. The minimum absolute atomic E-state index is 0. The molecular formula is C25H26LiN3O3S. The van der Waals surface area contributed by atoms with E-state index in [2.05, 4.69) is 15.3 Å². The fourth-order valence-electron chi connectivity index (χ4n) is 3.28. The Bertz CT molecular complexity index is 1130. The van der Waals surface area contributed by atoms with Gasteiger partial charge in [0.2, 0.25) is 0 Å². The van der Waals surface area contributed by atoms with Gasteiger partial charge in [-0.1, -0.05) is 42.5 Å². The first-order valence-electron chi connectivity index (χ1n) is 10.2. The molecule has 0 aliphatic heterocycles. The number of hydrogen-bond donors (Lipinski definition) is 2. The van der Waals surface area contributed by atoms with E-state index in [4.69, 9.17) is 0 Å². The predicted octanol–water partition coefficient (Wildman–Crippen LogP) is 1.68. The summed E-state index contributed by atoms with van der Waals surface area (Å²) in [6.45, 7) is 1.99. The van der Waals surface area contributed by atoms with Gasteiger partial charge in [-0.3, -0.25) is 4.79 Å². The van der Waals surface area contributed by atoms with Crippen LogP contribution in [0.5, 0.6) is 0 Å². The van der Waals surface area contributed by atoms with Gasteiger partial charge in [0.25, 0.3) is 5.91 Å². The molecule has 6 nitrogen and oxygen atoms in total. The van der Waals surface area contributed by atoms with Crippen LogP contribution < -0.4 is 24.2 Å². The number of benzene rings is 2. The first-order valence-corrected chi connectivity index (χ1v) is 11.5. The Labute approximate surface area is 211 Å². The van der Waals surface area contributed by atoms with Crippen LogP contribution in [0.15, 0.2) is 61.2 Å². The minimum Gasteiger partial charge on any atom is -1.00 e. The molecule has 0 bridgehead atoms. The molecule has 1 amide bonds. The van der Waals surface area contributed by atoms with Crippen molar-refractivity contribution in [2.24, 2.45) is 0 Å². The van der Waals surface area contributed by atoms with Crippen molar-refractivity contribution in [3.8, 4) is 11.1 Å². The van der Waals surface area contributed by atoms with Gasteiger partial charge in [0.05, 0.1) is 0 Å². The summed E-state index contributed by atoms with van der Waals surface area (Å²) in [6.07, 6.45) is 11.0. The van der Waals surface area contributed by atoms with E-state index in [9.17, 15) is 14.7 Å². The summed E-state index contributed by atoms with van der Waals surface area (Å²) in [6, 6.07) is 12.4. The van der Waals surface area contributed by atoms with E-state index in [1.165, 1.54) is 6.33 Å². The Kier molecular flexibility index (Phi) is 10.4. The maximum Gasteiger partial charge on any atom is 1.00 e. The van der Waals surface area contributed by atoms with Crippen LogP contribution >= 0.6 is 11.8 Å². The number of aryl methyl sites for hydroxylation is 1. The van der Waals surface area contributed by atoms with Crippen molar-refractivity contribution in [3.63, 3.8) is 0 Å². The van der Waals surface area contributed by atoms with Gasteiger partial charge >= 0.3 is 24.8 Å². The first kappa shape index (κ1) is 26.4. The molecule has 2 N–H and O–H groups in total. The second-order valence-corrected chi connectivity index (χ2v) is 8.26. The van der Waals surface area contributed by atoms with Gasteiger partial charge in [-0.05, 0) is 59.7 Å². The van der Waals surface area contributed by atoms with Crippen molar-refractivity contribution in [1.82, 2.24) is 15.3 Å². The van der Waals surface area contributed by atoms with Crippen LogP contribution in [-0.2, 0) is 4.79 Å². The number of thioether (sulfide) groups is 1. The van der Waals surface area contributed by atoms with E-state index in [1.54, 1.807) is 30.2 Å². The maximum absolute atomic E-state index is 13.1. The molecule has 0 aliphatic carbocycles. The summed E-state index contributed by atoms with van der Waals surface area (Å²) in [5.74, 6) is -0.785. The van der Waals surface area contributed by atoms with Crippen molar-refractivity contribution in [3.05, 3.63) is 83.4 Å². The van der Waals surface area contributed by atoms with Crippen molar-refractivity contribution in [1.29, 1.82) is 0 Å². The molecule has 1 aromatic heterocycles. The summed E-state index contributed by atoms with van der Waals surface area (Å²) in [4.78, 5) is 32.7. The molecule has 166 valence electrons. The summed E-state index contributed by atoms with van der Waals surface area (Å²) < 4.78 is 0. The Morgan fingerprint density at radius 3 is 2.45 bits per heavy atom. The molecule has 0 saturated carbocycles. The summed E-state index contributed by atoms with van der Waals surface area (Å²) >= 11 is 1.55. The quantitative estimate of drug-likeness (QED) is 0.477. The molecule has 1 atom stereocenters. The fraction of sp³-hybridized carbons (Fsp3) is 0.200. The largest absolute Gasteiger partial charge is 1.00 e. The van der Waals surface area contributed by atoms with Crippen molar-refractivity contribution in [2.45, 2.75) is 19.4 Å². The van der Waals surface area contributed by atoms with E-state index in [1.807, 2.05) is 61.7 Å². The molecule has 33 heavy (non-hydrogen) atoms. The Morgan fingerprint density at radius 1 is 1.09 bits per heavy atom. The summed E-state index contributed by atoms with van der Waals surface area (Å²) in [5.41, 5.74) is 4.91. The number of nitrogens with zero attached hydrogens (tertiary/aromatic N) is 2. The average molecular weight is 456 g/mol. The zero-order valence-electron chi connectivity index (χ0n) is 20.0. The molecule has 1 heterocycles. The number of nitrogens with one attached hydrogen (secondary N) is 1. The van der Waals surface area contributed by atoms with E-state index in [0.717, 1.165) is 27.8 Å². The number of carboxylic acid groups (broad SMARTS) is 1. The normalized spacial score (nSPS) is 11.6. The first-order chi connectivity index (χ1) is 15.5. The standard InChI is InChI=1S/C25H25N3O3S.Li.H/c1-17-5-3-4-6-20(17)22-13-18(7-8-19-14-26-16-27-15-19)9-10-21(22)24(29)28-23(25(30)31)11-12-32-2;;/h3-10,13-16,23H,11-12H2,1-2H3,(H,28,29)(H,30,31);;/q;+1;-1. The Morgan fingerprint density at radius 2 is 1.79 bits per heavy atom. The molecule has 3 rings (SSSR count).